The van der Waals surface area contributed by atoms with Gasteiger partial charge in [-0.2, -0.15) is 11.8 Å². The molecule has 0 spiro atoms. The summed E-state index contributed by atoms with van der Waals surface area (Å²) in [6.07, 6.45) is 5.04. The van der Waals surface area contributed by atoms with Gasteiger partial charge in [0.15, 0.2) is 0 Å². The molecule has 1 aliphatic heterocycles. The molecule has 1 nitrogen and oxygen atoms in total. The molecule has 1 aliphatic rings. The maximum Gasteiger partial charge on any atom is 0.00722 e. The third kappa shape index (κ3) is 3.90. The molecule has 1 heterocycles. The summed E-state index contributed by atoms with van der Waals surface area (Å²) in [4.78, 5) is 2.62. The first-order chi connectivity index (χ1) is 6.24. The number of rotatable bonds is 4. The zero-order valence-electron chi connectivity index (χ0n) is 9.25. The summed E-state index contributed by atoms with van der Waals surface area (Å²) in [5.74, 6) is 3.18. The van der Waals surface area contributed by atoms with Crippen molar-refractivity contribution in [3.63, 3.8) is 0 Å². The molecular weight excluding hydrogens is 178 g/mol. The molecular formula is C11H23NS. The number of nitrogens with zero attached hydrogens (tertiary/aromatic N) is 1. The molecule has 0 aliphatic carbocycles. The lowest BCUT2D eigenvalue weighted by atomic mass is 9.87. The van der Waals surface area contributed by atoms with Crippen LogP contribution in [0.3, 0.4) is 0 Å². The van der Waals surface area contributed by atoms with Gasteiger partial charge >= 0.3 is 0 Å². The number of thioether (sulfide) groups is 1. The van der Waals surface area contributed by atoms with E-state index in [4.69, 9.17) is 0 Å². The molecule has 0 unspecified atom stereocenters. The van der Waals surface area contributed by atoms with Crippen LogP contribution in [0.1, 0.15) is 26.7 Å². The standard InChI is InChI=1S/C11H23NS/c1-10(2)11-4-6-12(7-5-11)8-9-13-3/h10-11H,4-9H2,1-3H3. The van der Waals surface area contributed by atoms with Gasteiger partial charge in [0.1, 0.15) is 0 Å². The fourth-order valence-corrected chi connectivity index (χ4v) is 2.50. The first-order valence-corrected chi connectivity index (χ1v) is 6.84. The van der Waals surface area contributed by atoms with Crippen LogP contribution in [0.15, 0.2) is 0 Å². The zero-order chi connectivity index (χ0) is 9.68. The molecule has 1 rings (SSSR count). The minimum absolute atomic E-state index is 0.891. The van der Waals surface area contributed by atoms with Crippen LogP contribution < -0.4 is 0 Å². The van der Waals surface area contributed by atoms with Crippen LogP contribution in [0.5, 0.6) is 0 Å². The maximum atomic E-state index is 2.62. The lowest BCUT2D eigenvalue weighted by molar-refractivity contribution is 0.165. The van der Waals surface area contributed by atoms with Gasteiger partial charge in [0.25, 0.3) is 0 Å². The molecule has 0 saturated carbocycles. The van der Waals surface area contributed by atoms with Crippen molar-refractivity contribution in [2.45, 2.75) is 26.7 Å². The molecule has 0 radical (unpaired) electrons. The summed E-state index contributed by atoms with van der Waals surface area (Å²) in [5, 5.41) is 0. The van der Waals surface area contributed by atoms with E-state index in [-0.39, 0.29) is 0 Å². The average Bonchev–Trinajstić information content (AvgIpc) is 2.15. The van der Waals surface area contributed by atoms with Crippen LogP contribution in [0.4, 0.5) is 0 Å². The van der Waals surface area contributed by atoms with E-state index in [1.165, 1.54) is 38.2 Å². The van der Waals surface area contributed by atoms with E-state index in [0.29, 0.717) is 0 Å². The molecule has 0 amide bonds. The second kappa shape index (κ2) is 5.92. The number of hydrogen-bond acceptors (Lipinski definition) is 2. The minimum atomic E-state index is 0.891. The Hall–Kier alpha value is 0.310. The van der Waals surface area contributed by atoms with Crippen molar-refractivity contribution < 1.29 is 0 Å². The Labute approximate surface area is 87.3 Å². The summed E-state index contributed by atoms with van der Waals surface area (Å²) < 4.78 is 0. The first-order valence-electron chi connectivity index (χ1n) is 5.45. The van der Waals surface area contributed by atoms with E-state index in [0.717, 1.165) is 11.8 Å². The molecule has 0 aromatic heterocycles. The molecule has 0 atom stereocenters. The van der Waals surface area contributed by atoms with Crippen molar-refractivity contribution in [1.82, 2.24) is 4.90 Å². The molecule has 13 heavy (non-hydrogen) atoms. The van der Waals surface area contributed by atoms with Crippen molar-refractivity contribution in [2.24, 2.45) is 11.8 Å². The Bertz CT molecular complexity index is 128. The SMILES string of the molecule is CSCCN1CCC(C(C)C)CC1. The van der Waals surface area contributed by atoms with Gasteiger partial charge in [-0.05, 0) is 44.0 Å². The third-order valence-electron chi connectivity index (χ3n) is 3.19. The predicted octanol–water partition coefficient (Wildman–Crippen LogP) is 2.72. The molecule has 1 fully saturated rings. The van der Waals surface area contributed by atoms with Crippen LogP contribution in [0.25, 0.3) is 0 Å². The third-order valence-corrected chi connectivity index (χ3v) is 3.78. The average molecular weight is 201 g/mol. The van der Waals surface area contributed by atoms with E-state index in [1.54, 1.807) is 0 Å². The Morgan fingerprint density at radius 1 is 1.31 bits per heavy atom. The van der Waals surface area contributed by atoms with Gasteiger partial charge in [0.05, 0.1) is 0 Å². The van der Waals surface area contributed by atoms with Crippen molar-refractivity contribution in [2.75, 3.05) is 31.6 Å². The van der Waals surface area contributed by atoms with Crippen molar-refractivity contribution in [3.8, 4) is 0 Å². The van der Waals surface area contributed by atoms with Crippen molar-refractivity contribution in [3.05, 3.63) is 0 Å². The fraction of sp³-hybridized carbons (Fsp3) is 1.00. The number of likely N-dealkylation sites (tertiary alicyclic amines) is 1. The van der Waals surface area contributed by atoms with Crippen LogP contribution in [0.2, 0.25) is 0 Å². The monoisotopic (exact) mass is 201 g/mol. The van der Waals surface area contributed by atoms with Crippen LogP contribution in [0, 0.1) is 11.8 Å². The topological polar surface area (TPSA) is 3.24 Å². The Balaban J connectivity index is 2.15. The molecule has 0 N–H and O–H groups in total. The first kappa shape index (κ1) is 11.4. The van der Waals surface area contributed by atoms with E-state index in [1.807, 2.05) is 11.8 Å². The van der Waals surface area contributed by atoms with Gasteiger partial charge in [0, 0.05) is 12.3 Å². The summed E-state index contributed by atoms with van der Waals surface area (Å²) in [5.41, 5.74) is 0. The fourth-order valence-electron chi connectivity index (χ4n) is 2.06. The second-order valence-electron chi connectivity index (χ2n) is 4.42. The highest BCUT2D eigenvalue weighted by molar-refractivity contribution is 7.98. The Morgan fingerprint density at radius 3 is 2.38 bits per heavy atom. The van der Waals surface area contributed by atoms with Crippen LogP contribution >= 0.6 is 11.8 Å². The van der Waals surface area contributed by atoms with E-state index >= 15 is 0 Å². The zero-order valence-corrected chi connectivity index (χ0v) is 10.1. The highest BCUT2D eigenvalue weighted by atomic mass is 32.2. The smallest absolute Gasteiger partial charge is 0.00722 e. The molecule has 0 aromatic rings. The second-order valence-corrected chi connectivity index (χ2v) is 5.40. The molecule has 0 aromatic carbocycles. The Kier molecular flexibility index (Phi) is 5.18. The number of hydrogen-bond donors (Lipinski definition) is 0. The minimum Gasteiger partial charge on any atom is -0.302 e. The van der Waals surface area contributed by atoms with Crippen molar-refractivity contribution >= 4 is 11.8 Å². The quantitative estimate of drug-likeness (QED) is 0.688. The Morgan fingerprint density at radius 2 is 1.92 bits per heavy atom. The lowest BCUT2D eigenvalue weighted by Crippen LogP contribution is -2.36. The van der Waals surface area contributed by atoms with Gasteiger partial charge in [-0.3, -0.25) is 0 Å². The summed E-state index contributed by atoms with van der Waals surface area (Å²) >= 11 is 1.96. The van der Waals surface area contributed by atoms with Gasteiger partial charge in [-0.15, -0.1) is 0 Å². The maximum absolute atomic E-state index is 2.62. The largest absolute Gasteiger partial charge is 0.302 e. The van der Waals surface area contributed by atoms with Gasteiger partial charge < -0.3 is 4.90 Å². The predicted molar refractivity (Wildman–Crippen MR) is 62.4 cm³/mol. The highest BCUT2D eigenvalue weighted by Crippen LogP contribution is 2.24. The molecule has 0 bridgehead atoms. The summed E-state index contributed by atoms with van der Waals surface area (Å²) in [6, 6.07) is 0. The molecule has 2 heteroatoms. The summed E-state index contributed by atoms with van der Waals surface area (Å²) in [6.45, 7) is 8.70. The van der Waals surface area contributed by atoms with Crippen LogP contribution in [-0.4, -0.2) is 36.5 Å². The summed E-state index contributed by atoms with van der Waals surface area (Å²) in [7, 11) is 0. The van der Waals surface area contributed by atoms with E-state index < -0.39 is 0 Å². The molecule has 78 valence electrons. The normalized spacial score (nSPS) is 21.2. The highest BCUT2D eigenvalue weighted by Gasteiger charge is 2.20. The van der Waals surface area contributed by atoms with Gasteiger partial charge in [0.2, 0.25) is 0 Å². The van der Waals surface area contributed by atoms with E-state index in [2.05, 4.69) is 25.0 Å². The van der Waals surface area contributed by atoms with E-state index in [9.17, 15) is 0 Å². The van der Waals surface area contributed by atoms with Crippen molar-refractivity contribution in [1.29, 1.82) is 0 Å². The number of piperidine rings is 1. The molecule has 1 saturated heterocycles. The van der Waals surface area contributed by atoms with Crippen LogP contribution in [-0.2, 0) is 0 Å². The lowest BCUT2D eigenvalue weighted by Gasteiger charge is -2.33. The van der Waals surface area contributed by atoms with Gasteiger partial charge in [-0.25, -0.2) is 0 Å². The van der Waals surface area contributed by atoms with Gasteiger partial charge in [-0.1, -0.05) is 13.8 Å².